The smallest absolute Gasteiger partial charge is 0.317 e. The minimum Gasteiger partial charge on any atom is -0.480 e. The summed E-state index contributed by atoms with van der Waals surface area (Å²) in [6.07, 6.45) is 5.22. The number of aryl methyl sites for hydroxylation is 1. The van der Waals surface area contributed by atoms with Crippen LogP contribution in [-0.4, -0.2) is 32.7 Å². The lowest BCUT2D eigenvalue weighted by Crippen LogP contribution is -2.46. The van der Waals surface area contributed by atoms with Crippen molar-refractivity contribution in [3.8, 4) is 0 Å². The summed E-state index contributed by atoms with van der Waals surface area (Å²) in [6.45, 7) is 4.04. The highest BCUT2D eigenvalue weighted by atomic mass is 16.4. The van der Waals surface area contributed by atoms with E-state index in [0.717, 1.165) is 18.7 Å². The van der Waals surface area contributed by atoms with Crippen LogP contribution in [0.3, 0.4) is 0 Å². The number of hydrogen-bond donors (Lipinski definition) is 2. The fraction of sp³-hybridized carbons (Fsp3) is 0.636. The summed E-state index contributed by atoms with van der Waals surface area (Å²) in [5.41, 5.74) is -0.225. The van der Waals surface area contributed by atoms with Gasteiger partial charge in [-0.15, -0.1) is 0 Å². The molecule has 2 N–H and O–H groups in total. The van der Waals surface area contributed by atoms with Gasteiger partial charge in [0.2, 0.25) is 0 Å². The van der Waals surface area contributed by atoms with Gasteiger partial charge in [-0.1, -0.05) is 6.92 Å². The Kier molecular flexibility index (Phi) is 4.06. The molecule has 0 radical (unpaired) electrons. The van der Waals surface area contributed by atoms with E-state index in [4.69, 9.17) is 5.11 Å². The van der Waals surface area contributed by atoms with Gasteiger partial charge in [-0.3, -0.25) is 4.79 Å². The van der Waals surface area contributed by atoms with Gasteiger partial charge < -0.3 is 15.0 Å². The molecule has 1 atom stereocenters. The third kappa shape index (κ3) is 3.34. The number of aromatic nitrogens is 2. The highest BCUT2D eigenvalue weighted by Crippen LogP contribution is 2.15. The first-order valence-corrected chi connectivity index (χ1v) is 5.40. The van der Waals surface area contributed by atoms with Gasteiger partial charge >= 0.3 is 5.97 Å². The number of carboxylic acids is 1. The summed E-state index contributed by atoms with van der Waals surface area (Å²) in [5.74, 6) is 0.127. The quantitative estimate of drug-likeness (QED) is 0.751. The molecular weight excluding hydrogens is 206 g/mol. The van der Waals surface area contributed by atoms with E-state index in [-0.39, 0.29) is 12.1 Å². The molecule has 1 unspecified atom stereocenters. The molecule has 5 heteroatoms. The number of nitrogens with zero attached hydrogens (tertiary/aromatic N) is 2. The Morgan fingerprint density at radius 2 is 2.38 bits per heavy atom. The van der Waals surface area contributed by atoms with Gasteiger partial charge in [-0.05, 0) is 13.3 Å². The summed E-state index contributed by atoms with van der Waals surface area (Å²) < 4.78 is 1.95. The maximum Gasteiger partial charge on any atom is 0.317 e. The molecule has 5 nitrogen and oxygen atoms in total. The average molecular weight is 225 g/mol. The topological polar surface area (TPSA) is 67.2 Å². The van der Waals surface area contributed by atoms with E-state index in [9.17, 15) is 4.79 Å². The van der Waals surface area contributed by atoms with Gasteiger partial charge in [-0.2, -0.15) is 0 Å². The summed E-state index contributed by atoms with van der Waals surface area (Å²) in [4.78, 5) is 14.8. The Morgan fingerprint density at radius 1 is 1.69 bits per heavy atom. The first-order valence-electron chi connectivity index (χ1n) is 5.40. The van der Waals surface area contributed by atoms with Crippen LogP contribution in [0.5, 0.6) is 0 Å². The Morgan fingerprint density at radius 3 is 2.81 bits per heavy atom. The van der Waals surface area contributed by atoms with E-state index in [2.05, 4.69) is 10.3 Å². The van der Waals surface area contributed by atoms with Gasteiger partial charge in [0, 0.05) is 31.4 Å². The van der Waals surface area contributed by atoms with Crippen molar-refractivity contribution in [3.05, 3.63) is 18.2 Å². The van der Waals surface area contributed by atoms with E-state index in [1.54, 1.807) is 6.20 Å². The molecule has 1 rings (SSSR count). The molecule has 0 saturated carbocycles. The normalized spacial score (nSPS) is 14.7. The lowest BCUT2D eigenvalue weighted by atomic mass is 9.94. The van der Waals surface area contributed by atoms with Crippen LogP contribution in [0.15, 0.2) is 12.4 Å². The van der Waals surface area contributed by atoms with E-state index >= 15 is 0 Å². The van der Waals surface area contributed by atoms with Crippen LogP contribution in [0.1, 0.15) is 26.1 Å². The number of aliphatic carboxylic acids is 1. The minimum absolute atomic E-state index is 0.0191. The molecule has 1 aromatic rings. The molecule has 16 heavy (non-hydrogen) atoms. The fourth-order valence-electron chi connectivity index (χ4n) is 1.52. The number of rotatable bonds is 6. The molecule has 0 spiro atoms. The van der Waals surface area contributed by atoms with Crippen LogP contribution in [0.25, 0.3) is 0 Å². The van der Waals surface area contributed by atoms with Crippen molar-refractivity contribution in [3.63, 3.8) is 0 Å². The summed E-state index contributed by atoms with van der Waals surface area (Å²) in [7, 11) is 1.94. The van der Waals surface area contributed by atoms with Crippen molar-refractivity contribution in [2.75, 3.05) is 6.54 Å². The van der Waals surface area contributed by atoms with E-state index in [1.807, 2.05) is 31.7 Å². The van der Waals surface area contributed by atoms with Crippen molar-refractivity contribution in [1.29, 1.82) is 0 Å². The third-order valence-corrected chi connectivity index (χ3v) is 2.92. The molecular formula is C11H19N3O2. The highest BCUT2D eigenvalue weighted by Gasteiger charge is 2.24. The molecule has 0 bridgehead atoms. The molecule has 0 aliphatic carbocycles. The van der Waals surface area contributed by atoms with Gasteiger partial charge in [0.05, 0.1) is 6.54 Å². The first kappa shape index (κ1) is 12.7. The van der Waals surface area contributed by atoms with Crippen LogP contribution < -0.4 is 5.32 Å². The molecule has 0 fully saturated rings. The minimum atomic E-state index is -0.834. The average Bonchev–Trinajstić information content (AvgIpc) is 2.62. The zero-order valence-corrected chi connectivity index (χ0v) is 10.0. The molecule has 90 valence electrons. The second-order valence-electron chi connectivity index (χ2n) is 4.29. The third-order valence-electron chi connectivity index (χ3n) is 2.92. The van der Waals surface area contributed by atoms with Crippen molar-refractivity contribution < 1.29 is 9.90 Å². The Labute approximate surface area is 95.5 Å². The number of imidazole rings is 1. The summed E-state index contributed by atoms with van der Waals surface area (Å²) in [5, 5.41) is 11.7. The van der Waals surface area contributed by atoms with Crippen molar-refractivity contribution in [2.24, 2.45) is 7.05 Å². The van der Waals surface area contributed by atoms with E-state index in [0.29, 0.717) is 0 Å². The SMILES string of the molecule is CCC(C)(Cc1nccn1C)NCC(=O)O. The number of carboxylic acid groups (broad SMARTS) is 1. The Balaban J connectivity index is 2.66. The maximum atomic E-state index is 10.5. The molecule has 0 saturated heterocycles. The molecule has 0 aromatic carbocycles. The van der Waals surface area contributed by atoms with Crippen LogP contribution in [0, 0.1) is 0 Å². The van der Waals surface area contributed by atoms with E-state index < -0.39 is 5.97 Å². The maximum absolute atomic E-state index is 10.5. The predicted octanol–water partition coefficient (Wildman–Crippen LogP) is 0.805. The fourth-order valence-corrected chi connectivity index (χ4v) is 1.52. The lowest BCUT2D eigenvalue weighted by molar-refractivity contribution is -0.136. The van der Waals surface area contributed by atoms with Crippen LogP contribution in [0.2, 0.25) is 0 Å². The first-order chi connectivity index (χ1) is 7.47. The lowest BCUT2D eigenvalue weighted by Gasteiger charge is -2.28. The standard InChI is InChI=1S/C11H19N3O2/c1-4-11(2,13-8-10(15)16)7-9-12-5-6-14(9)3/h5-6,13H,4,7-8H2,1-3H3,(H,15,16). The molecule has 0 aliphatic heterocycles. The van der Waals surface area contributed by atoms with Crippen molar-refractivity contribution >= 4 is 5.97 Å². The second kappa shape index (κ2) is 5.12. The van der Waals surface area contributed by atoms with Crippen molar-refractivity contribution in [2.45, 2.75) is 32.2 Å². The number of carbonyl (C=O) groups is 1. The molecule has 0 aliphatic rings. The van der Waals surface area contributed by atoms with Gasteiger partial charge in [0.25, 0.3) is 0 Å². The van der Waals surface area contributed by atoms with Crippen LogP contribution in [-0.2, 0) is 18.3 Å². The highest BCUT2D eigenvalue weighted by molar-refractivity contribution is 5.69. The molecule has 1 aromatic heterocycles. The monoisotopic (exact) mass is 225 g/mol. The van der Waals surface area contributed by atoms with Crippen LogP contribution in [0.4, 0.5) is 0 Å². The zero-order chi connectivity index (χ0) is 12.2. The Bertz CT molecular complexity index is 362. The summed E-state index contributed by atoms with van der Waals surface area (Å²) in [6, 6.07) is 0. The largest absolute Gasteiger partial charge is 0.480 e. The van der Waals surface area contributed by atoms with Crippen LogP contribution >= 0.6 is 0 Å². The second-order valence-corrected chi connectivity index (χ2v) is 4.29. The van der Waals surface area contributed by atoms with Gasteiger partial charge in [0.1, 0.15) is 5.82 Å². The zero-order valence-electron chi connectivity index (χ0n) is 10.0. The predicted molar refractivity (Wildman–Crippen MR) is 61.2 cm³/mol. The molecule has 1 heterocycles. The number of hydrogen-bond acceptors (Lipinski definition) is 3. The Hall–Kier alpha value is -1.36. The number of nitrogens with one attached hydrogen (secondary N) is 1. The van der Waals surface area contributed by atoms with Crippen molar-refractivity contribution in [1.82, 2.24) is 14.9 Å². The van der Waals surface area contributed by atoms with E-state index in [1.165, 1.54) is 0 Å². The van der Waals surface area contributed by atoms with Gasteiger partial charge in [-0.25, -0.2) is 4.98 Å². The molecule has 0 amide bonds. The summed E-state index contributed by atoms with van der Waals surface area (Å²) >= 11 is 0. The van der Waals surface area contributed by atoms with Gasteiger partial charge in [0.15, 0.2) is 0 Å².